The predicted molar refractivity (Wildman–Crippen MR) is 82.7 cm³/mol. The number of aromatic nitrogens is 4. The van der Waals surface area contributed by atoms with Crippen LogP contribution < -0.4 is 0 Å². The number of benzene rings is 1. The average Bonchev–Trinajstić information content (AvgIpc) is 3.04. The fourth-order valence-electron chi connectivity index (χ4n) is 2.12. The van der Waals surface area contributed by atoms with Crippen LogP contribution in [0.15, 0.2) is 30.3 Å². The maximum Gasteiger partial charge on any atom is 0.358 e. The van der Waals surface area contributed by atoms with Gasteiger partial charge in [0.05, 0.1) is 11.4 Å². The van der Waals surface area contributed by atoms with E-state index in [1.807, 2.05) is 44.2 Å². The number of nitrogens with zero attached hydrogens (tertiary/aromatic N) is 4. The minimum atomic E-state index is -1.08. The van der Waals surface area contributed by atoms with Crippen molar-refractivity contribution in [3.8, 4) is 5.13 Å². The fraction of sp³-hybridized carbons (Fsp3) is 0.200. The van der Waals surface area contributed by atoms with Crippen molar-refractivity contribution < 1.29 is 9.90 Å². The summed E-state index contributed by atoms with van der Waals surface area (Å²) in [6.45, 7) is 3.89. The second-order valence-corrected chi connectivity index (χ2v) is 6.08. The van der Waals surface area contributed by atoms with Crippen LogP contribution >= 0.6 is 11.3 Å². The van der Waals surface area contributed by atoms with Crippen molar-refractivity contribution in [1.82, 2.24) is 20.0 Å². The summed E-state index contributed by atoms with van der Waals surface area (Å²) in [4.78, 5) is 16.9. The monoisotopic (exact) mass is 314 g/mol. The van der Waals surface area contributed by atoms with Crippen LogP contribution in [0.2, 0.25) is 0 Å². The minimum absolute atomic E-state index is 0.0330. The molecule has 0 saturated carbocycles. The Balaban J connectivity index is 2.09. The van der Waals surface area contributed by atoms with E-state index in [9.17, 15) is 9.90 Å². The zero-order chi connectivity index (χ0) is 15.7. The van der Waals surface area contributed by atoms with Gasteiger partial charge < -0.3 is 5.11 Å². The van der Waals surface area contributed by atoms with Gasteiger partial charge in [0.2, 0.25) is 5.13 Å². The number of aryl methyl sites for hydroxylation is 2. The molecule has 0 spiro atoms. The van der Waals surface area contributed by atoms with Gasteiger partial charge in [0.15, 0.2) is 5.69 Å². The van der Waals surface area contributed by atoms with E-state index in [1.165, 1.54) is 16.0 Å². The highest BCUT2D eigenvalue weighted by Crippen LogP contribution is 2.23. The molecule has 0 aliphatic rings. The van der Waals surface area contributed by atoms with Crippen LogP contribution in [0.5, 0.6) is 0 Å². The summed E-state index contributed by atoms with van der Waals surface area (Å²) in [5, 5.41) is 17.8. The van der Waals surface area contributed by atoms with Gasteiger partial charge in [-0.15, -0.1) is 5.10 Å². The van der Waals surface area contributed by atoms with Gasteiger partial charge in [0, 0.05) is 11.3 Å². The molecule has 1 N–H and O–H groups in total. The van der Waals surface area contributed by atoms with Gasteiger partial charge in [0.25, 0.3) is 0 Å². The molecule has 2 heterocycles. The highest BCUT2D eigenvalue weighted by molar-refractivity contribution is 7.14. The van der Waals surface area contributed by atoms with E-state index in [4.69, 9.17) is 0 Å². The number of thiazole rings is 1. The molecule has 0 atom stereocenters. The first kappa shape index (κ1) is 14.4. The van der Waals surface area contributed by atoms with Crippen molar-refractivity contribution in [2.24, 2.45) is 0 Å². The third-order valence-corrected chi connectivity index (χ3v) is 4.43. The van der Waals surface area contributed by atoms with Crippen LogP contribution in [-0.4, -0.2) is 31.1 Å². The quantitative estimate of drug-likeness (QED) is 0.800. The Bertz CT molecular complexity index is 804. The number of carboxylic acids is 1. The fourth-order valence-corrected chi connectivity index (χ4v) is 3.00. The first-order valence-corrected chi connectivity index (χ1v) is 7.54. The highest BCUT2D eigenvalue weighted by atomic mass is 32.1. The molecular formula is C15H14N4O2S. The number of hydrogen-bond acceptors (Lipinski definition) is 5. The number of rotatable bonds is 4. The summed E-state index contributed by atoms with van der Waals surface area (Å²) in [5.41, 5.74) is 2.42. The lowest BCUT2D eigenvalue weighted by Gasteiger charge is -2.04. The molecule has 6 nitrogen and oxygen atoms in total. The number of carboxylic acid groups (broad SMARTS) is 1. The summed E-state index contributed by atoms with van der Waals surface area (Å²) in [6, 6.07) is 9.65. The summed E-state index contributed by atoms with van der Waals surface area (Å²) in [7, 11) is 0. The van der Waals surface area contributed by atoms with Crippen molar-refractivity contribution in [3.63, 3.8) is 0 Å². The molecule has 0 radical (unpaired) electrons. The molecule has 1 aromatic carbocycles. The Labute approximate surface area is 131 Å². The maximum atomic E-state index is 11.4. The van der Waals surface area contributed by atoms with E-state index in [0.717, 1.165) is 16.1 Å². The van der Waals surface area contributed by atoms with Gasteiger partial charge in [-0.2, -0.15) is 4.68 Å². The molecule has 0 unspecified atom stereocenters. The Morgan fingerprint density at radius 2 is 2.00 bits per heavy atom. The smallest absolute Gasteiger partial charge is 0.358 e. The van der Waals surface area contributed by atoms with E-state index < -0.39 is 5.97 Å². The molecule has 112 valence electrons. The largest absolute Gasteiger partial charge is 0.476 e. The summed E-state index contributed by atoms with van der Waals surface area (Å²) in [6.07, 6.45) is 0.438. The highest BCUT2D eigenvalue weighted by Gasteiger charge is 2.22. The molecule has 3 rings (SSSR count). The summed E-state index contributed by atoms with van der Waals surface area (Å²) in [5.74, 6) is -1.08. The predicted octanol–water partition coefficient (Wildman–Crippen LogP) is 2.63. The minimum Gasteiger partial charge on any atom is -0.476 e. The average molecular weight is 314 g/mol. The SMILES string of the molecule is Cc1nc(-n2nnc(C(=O)O)c2Cc2ccccc2)sc1C. The number of hydrogen-bond donors (Lipinski definition) is 1. The van der Waals surface area contributed by atoms with Gasteiger partial charge in [-0.1, -0.05) is 46.9 Å². The maximum absolute atomic E-state index is 11.4. The van der Waals surface area contributed by atoms with Gasteiger partial charge in [-0.05, 0) is 19.4 Å². The Hall–Kier alpha value is -2.54. The van der Waals surface area contributed by atoms with Crippen molar-refractivity contribution in [2.45, 2.75) is 20.3 Å². The molecule has 2 aromatic heterocycles. The third-order valence-electron chi connectivity index (χ3n) is 3.38. The Morgan fingerprint density at radius 3 is 2.59 bits per heavy atom. The van der Waals surface area contributed by atoms with E-state index in [1.54, 1.807) is 0 Å². The number of carbonyl (C=O) groups is 1. The summed E-state index contributed by atoms with van der Waals surface area (Å²) >= 11 is 1.47. The molecule has 0 aliphatic carbocycles. The lowest BCUT2D eigenvalue weighted by molar-refractivity contribution is 0.0689. The van der Waals surface area contributed by atoms with Crippen LogP contribution in [0, 0.1) is 13.8 Å². The third kappa shape index (κ3) is 2.62. The van der Waals surface area contributed by atoms with Crippen LogP contribution in [0.3, 0.4) is 0 Å². The van der Waals surface area contributed by atoms with Crippen molar-refractivity contribution in [3.05, 3.63) is 57.9 Å². The van der Waals surface area contributed by atoms with Crippen molar-refractivity contribution >= 4 is 17.3 Å². The molecule has 3 aromatic rings. The molecular weight excluding hydrogens is 300 g/mol. The second-order valence-electron chi connectivity index (χ2n) is 4.90. The zero-order valence-corrected chi connectivity index (χ0v) is 13.0. The van der Waals surface area contributed by atoms with Crippen molar-refractivity contribution in [1.29, 1.82) is 0 Å². The molecule has 7 heteroatoms. The lowest BCUT2D eigenvalue weighted by atomic mass is 10.1. The van der Waals surface area contributed by atoms with Crippen molar-refractivity contribution in [2.75, 3.05) is 0 Å². The molecule has 0 saturated heterocycles. The zero-order valence-electron chi connectivity index (χ0n) is 12.1. The topological polar surface area (TPSA) is 80.9 Å². The molecule has 0 fully saturated rings. The Morgan fingerprint density at radius 1 is 1.27 bits per heavy atom. The van der Waals surface area contributed by atoms with E-state index in [0.29, 0.717) is 17.2 Å². The number of aromatic carboxylic acids is 1. The van der Waals surface area contributed by atoms with Crippen LogP contribution in [0.1, 0.15) is 32.3 Å². The van der Waals surface area contributed by atoms with Crippen LogP contribution in [0.4, 0.5) is 0 Å². The first-order chi connectivity index (χ1) is 10.6. The van der Waals surface area contributed by atoms with Crippen LogP contribution in [0.25, 0.3) is 5.13 Å². The standard InChI is InChI=1S/C15H14N4O2S/c1-9-10(2)22-15(16-9)19-12(13(14(20)21)17-18-19)8-11-6-4-3-5-7-11/h3-7H,8H2,1-2H3,(H,20,21). The molecule has 0 amide bonds. The first-order valence-electron chi connectivity index (χ1n) is 6.72. The van der Waals surface area contributed by atoms with E-state index >= 15 is 0 Å². The van der Waals surface area contributed by atoms with Gasteiger partial charge in [0.1, 0.15) is 0 Å². The normalized spacial score (nSPS) is 10.8. The molecule has 0 bridgehead atoms. The van der Waals surface area contributed by atoms with Gasteiger partial charge in [-0.25, -0.2) is 9.78 Å². The molecule has 0 aliphatic heterocycles. The van der Waals surface area contributed by atoms with Crippen LogP contribution in [-0.2, 0) is 6.42 Å². The lowest BCUT2D eigenvalue weighted by Crippen LogP contribution is -2.07. The van der Waals surface area contributed by atoms with E-state index in [-0.39, 0.29) is 5.69 Å². The Kier molecular flexibility index (Phi) is 3.72. The van der Waals surface area contributed by atoms with Gasteiger partial charge in [-0.3, -0.25) is 0 Å². The van der Waals surface area contributed by atoms with E-state index in [2.05, 4.69) is 15.3 Å². The van der Waals surface area contributed by atoms with Gasteiger partial charge >= 0.3 is 5.97 Å². The molecule has 22 heavy (non-hydrogen) atoms. The summed E-state index contributed by atoms with van der Waals surface area (Å²) < 4.78 is 1.53. The second kappa shape index (κ2) is 5.69.